The molecule has 1 aromatic carbocycles. The van der Waals surface area contributed by atoms with Crippen LogP contribution in [-0.4, -0.2) is 41.6 Å². The lowest BCUT2D eigenvalue weighted by Crippen LogP contribution is -2.40. The van der Waals surface area contributed by atoms with Crippen LogP contribution in [0, 0.1) is 5.92 Å². The van der Waals surface area contributed by atoms with Crippen molar-refractivity contribution in [1.82, 2.24) is 10.2 Å². The first-order chi connectivity index (χ1) is 11.0. The quantitative estimate of drug-likeness (QED) is 0.838. The number of carbonyl (C=O) groups is 1. The summed E-state index contributed by atoms with van der Waals surface area (Å²) in [6.45, 7) is 6.81. The average molecular weight is 339 g/mol. The molecular weight excluding hydrogens is 312 g/mol. The van der Waals surface area contributed by atoms with E-state index in [2.05, 4.69) is 24.1 Å². The molecule has 1 aliphatic rings. The Balaban J connectivity index is 1.70. The molecular formula is C18H27ClN2O2. The highest BCUT2D eigenvalue weighted by molar-refractivity contribution is 6.30. The van der Waals surface area contributed by atoms with E-state index >= 15 is 0 Å². The molecule has 1 heterocycles. The maximum atomic E-state index is 12.1. The lowest BCUT2D eigenvalue weighted by atomic mass is 9.92. The smallest absolute Gasteiger partial charge is 0.220 e. The van der Waals surface area contributed by atoms with Gasteiger partial charge in [-0.05, 0) is 63.4 Å². The van der Waals surface area contributed by atoms with E-state index in [0.29, 0.717) is 23.4 Å². The summed E-state index contributed by atoms with van der Waals surface area (Å²) in [7, 11) is 0. The van der Waals surface area contributed by atoms with Gasteiger partial charge < -0.3 is 15.3 Å². The molecule has 0 spiro atoms. The Bertz CT molecular complexity index is 496. The lowest BCUT2D eigenvalue weighted by molar-refractivity contribution is -0.122. The van der Waals surface area contributed by atoms with Crippen molar-refractivity contribution in [2.45, 2.75) is 45.3 Å². The second-order valence-electron chi connectivity index (χ2n) is 6.65. The molecule has 5 heteroatoms. The van der Waals surface area contributed by atoms with Gasteiger partial charge in [-0.2, -0.15) is 0 Å². The van der Waals surface area contributed by atoms with Gasteiger partial charge in [-0.15, -0.1) is 0 Å². The summed E-state index contributed by atoms with van der Waals surface area (Å²) in [5.41, 5.74) is 0.764. The minimum absolute atomic E-state index is 0.0287. The Hall–Kier alpha value is -1.10. The molecule has 0 saturated carbocycles. The number of nitrogens with zero attached hydrogens (tertiary/aromatic N) is 1. The predicted molar refractivity (Wildman–Crippen MR) is 93.5 cm³/mol. The normalized spacial score (nSPS) is 18.1. The number of amides is 1. The van der Waals surface area contributed by atoms with Gasteiger partial charge in [0.05, 0.1) is 6.10 Å². The van der Waals surface area contributed by atoms with Gasteiger partial charge in [-0.3, -0.25) is 4.79 Å². The van der Waals surface area contributed by atoms with Crippen molar-refractivity contribution in [2.75, 3.05) is 19.6 Å². The second-order valence-corrected chi connectivity index (χ2v) is 7.09. The van der Waals surface area contributed by atoms with Crippen molar-refractivity contribution in [3.05, 3.63) is 34.9 Å². The molecule has 128 valence electrons. The maximum absolute atomic E-state index is 12.1. The van der Waals surface area contributed by atoms with Crippen LogP contribution in [0.4, 0.5) is 0 Å². The summed E-state index contributed by atoms with van der Waals surface area (Å²) in [6, 6.07) is 7.62. The number of hydrogen-bond acceptors (Lipinski definition) is 3. The number of benzene rings is 1. The lowest BCUT2D eigenvalue weighted by Gasteiger charge is -2.34. The number of carbonyl (C=O) groups excluding carboxylic acids is 1. The number of nitrogens with one attached hydrogen (secondary N) is 1. The van der Waals surface area contributed by atoms with E-state index in [-0.39, 0.29) is 12.5 Å². The average Bonchev–Trinajstić information content (AvgIpc) is 2.54. The molecule has 1 atom stereocenters. The summed E-state index contributed by atoms with van der Waals surface area (Å²) >= 11 is 5.83. The zero-order valence-electron chi connectivity index (χ0n) is 14.0. The minimum atomic E-state index is -0.695. The van der Waals surface area contributed by atoms with E-state index in [0.717, 1.165) is 31.5 Å². The van der Waals surface area contributed by atoms with Crippen LogP contribution in [0.5, 0.6) is 0 Å². The van der Waals surface area contributed by atoms with Crippen molar-refractivity contribution < 1.29 is 9.90 Å². The summed E-state index contributed by atoms with van der Waals surface area (Å²) in [6.07, 6.45) is 2.01. The van der Waals surface area contributed by atoms with Crippen LogP contribution in [0.3, 0.4) is 0 Å². The molecule has 0 bridgehead atoms. The molecule has 0 aliphatic carbocycles. The van der Waals surface area contributed by atoms with Gasteiger partial charge in [0.2, 0.25) is 5.91 Å². The largest absolute Gasteiger partial charge is 0.387 e. The topological polar surface area (TPSA) is 52.6 Å². The van der Waals surface area contributed by atoms with E-state index < -0.39 is 6.10 Å². The third kappa shape index (κ3) is 5.79. The highest BCUT2D eigenvalue weighted by atomic mass is 35.5. The molecule has 0 aromatic heterocycles. The fraction of sp³-hybridized carbons (Fsp3) is 0.611. The molecule has 2 rings (SSSR count). The maximum Gasteiger partial charge on any atom is 0.220 e. The van der Waals surface area contributed by atoms with Gasteiger partial charge in [0.25, 0.3) is 0 Å². The van der Waals surface area contributed by atoms with E-state index in [1.54, 1.807) is 24.3 Å². The van der Waals surface area contributed by atoms with Crippen LogP contribution in [0.15, 0.2) is 24.3 Å². The zero-order valence-corrected chi connectivity index (χ0v) is 14.7. The van der Waals surface area contributed by atoms with Gasteiger partial charge in [-0.25, -0.2) is 0 Å². The van der Waals surface area contributed by atoms with Gasteiger partial charge in [0, 0.05) is 24.0 Å². The van der Waals surface area contributed by atoms with Crippen LogP contribution in [0.2, 0.25) is 5.02 Å². The molecule has 4 nitrogen and oxygen atoms in total. The molecule has 0 unspecified atom stereocenters. The first-order valence-corrected chi connectivity index (χ1v) is 8.77. The Morgan fingerprint density at radius 2 is 1.91 bits per heavy atom. The van der Waals surface area contributed by atoms with Crippen molar-refractivity contribution >= 4 is 17.5 Å². The molecule has 1 fully saturated rings. The van der Waals surface area contributed by atoms with E-state index in [9.17, 15) is 9.90 Å². The summed E-state index contributed by atoms with van der Waals surface area (Å²) in [5, 5.41) is 13.6. The molecule has 1 aliphatic heterocycles. The Kier molecular flexibility index (Phi) is 6.88. The van der Waals surface area contributed by atoms with Gasteiger partial charge in [0.15, 0.2) is 0 Å². The molecule has 1 saturated heterocycles. The third-order valence-corrected chi connectivity index (χ3v) is 4.85. The second kappa shape index (κ2) is 8.67. The monoisotopic (exact) mass is 338 g/mol. The van der Waals surface area contributed by atoms with Crippen LogP contribution in [-0.2, 0) is 4.79 Å². The van der Waals surface area contributed by atoms with E-state index in [1.807, 2.05) is 0 Å². The molecule has 23 heavy (non-hydrogen) atoms. The minimum Gasteiger partial charge on any atom is -0.387 e. The summed E-state index contributed by atoms with van der Waals surface area (Å²) in [4.78, 5) is 14.5. The van der Waals surface area contributed by atoms with Gasteiger partial charge in [-0.1, -0.05) is 23.7 Å². The van der Waals surface area contributed by atoms with Crippen molar-refractivity contribution in [3.63, 3.8) is 0 Å². The van der Waals surface area contributed by atoms with Crippen molar-refractivity contribution in [2.24, 2.45) is 5.92 Å². The van der Waals surface area contributed by atoms with Crippen molar-refractivity contribution in [3.8, 4) is 0 Å². The third-order valence-electron chi connectivity index (χ3n) is 4.60. The fourth-order valence-electron chi connectivity index (χ4n) is 3.02. The van der Waals surface area contributed by atoms with Crippen molar-refractivity contribution in [1.29, 1.82) is 0 Å². The van der Waals surface area contributed by atoms with E-state index in [4.69, 9.17) is 11.6 Å². The Labute approximate surface area is 143 Å². The molecule has 1 amide bonds. The van der Waals surface area contributed by atoms with E-state index in [1.165, 1.54) is 0 Å². The fourth-order valence-corrected chi connectivity index (χ4v) is 3.15. The Morgan fingerprint density at radius 1 is 1.30 bits per heavy atom. The number of aliphatic hydroxyl groups is 1. The summed E-state index contributed by atoms with van der Waals surface area (Å²) in [5.74, 6) is 0.485. The number of halogens is 1. The molecule has 1 aromatic rings. The number of hydrogen-bond donors (Lipinski definition) is 2. The number of rotatable bonds is 6. The standard InChI is InChI=1S/C18H27ClN2O2/c1-13(2)21-9-7-14(8-10-21)11-18(23)20-12-17(22)15-3-5-16(19)6-4-15/h3-6,13-14,17,22H,7-12H2,1-2H3,(H,20,23)/t17-/m0/s1. The first-order valence-electron chi connectivity index (χ1n) is 8.40. The number of aliphatic hydroxyl groups excluding tert-OH is 1. The zero-order chi connectivity index (χ0) is 16.8. The number of likely N-dealkylation sites (tertiary alicyclic amines) is 1. The van der Waals surface area contributed by atoms with Gasteiger partial charge in [0.1, 0.15) is 0 Å². The SMILES string of the molecule is CC(C)N1CCC(CC(=O)NC[C@H](O)c2ccc(Cl)cc2)CC1. The Morgan fingerprint density at radius 3 is 2.48 bits per heavy atom. The first kappa shape index (κ1) is 18.2. The molecule has 0 radical (unpaired) electrons. The number of piperidine rings is 1. The predicted octanol–water partition coefficient (Wildman–Crippen LogP) is 3.00. The highest BCUT2D eigenvalue weighted by Gasteiger charge is 2.22. The van der Waals surface area contributed by atoms with Crippen LogP contribution in [0.1, 0.15) is 44.8 Å². The molecule has 2 N–H and O–H groups in total. The van der Waals surface area contributed by atoms with Gasteiger partial charge >= 0.3 is 0 Å². The summed E-state index contributed by atoms with van der Waals surface area (Å²) < 4.78 is 0. The van der Waals surface area contributed by atoms with Crippen LogP contribution in [0.25, 0.3) is 0 Å². The highest BCUT2D eigenvalue weighted by Crippen LogP contribution is 2.22. The van der Waals surface area contributed by atoms with Crippen LogP contribution >= 0.6 is 11.6 Å². The van der Waals surface area contributed by atoms with Crippen LogP contribution < -0.4 is 5.32 Å².